The van der Waals surface area contributed by atoms with Crippen LogP contribution >= 0.6 is 0 Å². The lowest BCUT2D eigenvalue weighted by Gasteiger charge is -2.32. The predicted octanol–water partition coefficient (Wildman–Crippen LogP) is 1.98. The molecule has 0 spiro atoms. The second kappa shape index (κ2) is 7.39. The molecule has 2 heterocycles. The smallest absolute Gasteiger partial charge is 0.0234 e. The van der Waals surface area contributed by atoms with Gasteiger partial charge in [0.15, 0.2) is 0 Å². The summed E-state index contributed by atoms with van der Waals surface area (Å²) in [5.41, 5.74) is 2.97. The Balaban J connectivity index is 1.49. The van der Waals surface area contributed by atoms with Gasteiger partial charge in [0, 0.05) is 32.7 Å². The Hall–Kier alpha value is -0.900. The third-order valence-electron chi connectivity index (χ3n) is 4.95. The van der Waals surface area contributed by atoms with Crippen molar-refractivity contribution >= 4 is 0 Å². The maximum atomic E-state index is 3.51. The average Bonchev–Trinajstić information content (AvgIpc) is 2.53. The van der Waals surface area contributed by atoms with Gasteiger partial charge in [0.1, 0.15) is 0 Å². The van der Waals surface area contributed by atoms with E-state index in [1.165, 1.54) is 69.7 Å². The zero-order valence-corrected chi connectivity index (χ0v) is 13.4. The number of piperidine rings is 1. The fourth-order valence-corrected chi connectivity index (χ4v) is 3.48. The lowest BCUT2D eigenvalue weighted by molar-refractivity contribution is 0.148. The van der Waals surface area contributed by atoms with Crippen molar-refractivity contribution in [2.45, 2.75) is 25.8 Å². The van der Waals surface area contributed by atoms with Crippen molar-refractivity contribution in [3.63, 3.8) is 0 Å². The third-order valence-corrected chi connectivity index (χ3v) is 4.95. The fourth-order valence-electron chi connectivity index (χ4n) is 3.48. The first-order valence-corrected chi connectivity index (χ1v) is 8.49. The summed E-state index contributed by atoms with van der Waals surface area (Å²) >= 11 is 0. The maximum absolute atomic E-state index is 3.51. The number of nitrogens with zero attached hydrogens (tertiary/aromatic N) is 2. The van der Waals surface area contributed by atoms with E-state index in [-0.39, 0.29) is 0 Å². The number of hydrogen-bond donors (Lipinski definition) is 1. The van der Waals surface area contributed by atoms with Crippen LogP contribution in [0.5, 0.6) is 0 Å². The molecule has 21 heavy (non-hydrogen) atoms. The van der Waals surface area contributed by atoms with Crippen LogP contribution in [0.3, 0.4) is 0 Å². The van der Waals surface area contributed by atoms with Crippen molar-refractivity contribution in [3.05, 3.63) is 35.4 Å². The van der Waals surface area contributed by atoms with Crippen molar-refractivity contribution < 1.29 is 0 Å². The Bertz CT molecular complexity index is 415. The van der Waals surface area contributed by atoms with E-state index in [0.717, 1.165) is 12.5 Å². The lowest BCUT2D eigenvalue weighted by Crippen LogP contribution is -2.43. The topological polar surface area (TPSA) is 18.5 Å². The average molecular weight is 287 g/mol. The molecule has 1 atom stereocenters. The van der Waals surface area contributed by atoms with E-state index in [9.17, 15) is 0 Å². The maximum Gasteiger partial charge on any atom is 0.0234 e. The summed E-state index contributed by atoms with van der Waals surface area (Å²) in [5, 5.41) is 3.51. The molecule has 3 rings (SSSR count). The van der Waals surface area contributed by atoms with E-state index in [0.29, 0.717) is 0 Å². The number of nitrogens with one attached hydrogen (secondary N) is 1. The third kappa shape index (κ3) is 4.53. The molecule has 2 aliphatic heterocycles. The summed E-state index contributed by atoms with van der Waals surface area (Å²) in [6, 6.07) is 9.37. The number of hydrogen-bond acceptors (Lipinski definition) is 3. The molecule has 2 fully saturated rings. The molecule has 0 bridgehead atoms. The van der Waals surface area contributed by atoms with Crippen molar-refractivity contribution in [3.8, 4) is 0 Å². The van der Waals surface area contributed by atoms with Crippen LogP contribution in [0, 0.1) is 5.92 Å². The Labute approximate surface area is 129 Å². The Morgan fingerprint density at radius 1 is 1.05 bits per heavy atom. The molecule has 3 nitrogen and oxygen atoms in total. The zero-order valence-electron chi connectivity index (χ0n) is 13.4. The van der Waals surface area contributed by atoms with Gasteiger partial charge in [-0.2, -0.15) is 0 Å². The van der Waals surface area contributed by atoms with E-state index in [2.05, 4.69) is 46.4 Å². The van der Waals surface area contributed by atoms with E-state index in [1.54, 1.807) is 0 Å². The van der Waals surface area contributed by atoms with Crippen molar-refractivity contribution in [1.82, 2.24) is 15.1 Å². The predicted molar refractivity (Wildman–Crippen MR) is 88.5 cm³/mol. The molecule has 0 amide bonds. The molecule has 1 aromatic rings. The van der Waals surface area contributed by atoms with Gasteiger partial charge in [-0.05, 0) is 56.4 Å². The molecule has 0 saturated carbocycles. The van der Waals surface area contributed by atoms with Gasteiger partial charge in [-0.1, -0.05) is 24.3 Å². The van der Waals surface area contributed by atoms with Gasteiger partial charge in [0.05, 0.1) is 0 Å². The highest BCUT2D eigenvalue weighted by molar-refractivity contribution is 5.23. The molecule has 0 aromatic heterocycles. The molecular weight excluding hydrogens is 258 g/mol. The summed E-state index contributed by atoms with van der Waals surface area (Å²) < 4.78 is 0. The van der Waals surface area contributed by atoms with Crippen LogP contribution in [0.1, 0.15) is 24.0 Å². The van der Waals surface area contributed by atoms with Gasteiger partial charge in [-0.25, -0.2) is 0 Å². The van der Waals surface area contributed by atoms with E-state index < -0.39 is 0 Å². The Kier molecular flexibility index (Phi) is 5.28. The number of likely N-dealkylation sites (N-methyl/N-ethyl adjacent to an activating group) is 1. The first-order chi connectivity index (χ1) is 10.3. The molecule has 3 heteroatoms. The van der Waals surface area contributed by atoms with Crippen molar-refractivity contribution in [2.24, 2.45) is 5.92 Å². The molecule has 1 N–H and O–H groups in total. The second-order valence-corrected chi connectivity index (χ2v) is 6.81. The van der Waals surface area contributed by atoms with Crippen LogP contribution in [0.4, 0.5) is 0 Å². The van der Waals surface area contributed by atoms with Gasteiger partial charge in [-0.3, -0.25) is 4.90 Å². The highest BCUT2D eigenvalue weighted by atomic mass is 15.2. The van der Waals surface area contributed by atoms with E-state index in [1.807, 2.05) is 0 Å². The monoisotopic (exact) mass is 287 g/mol. The molecule has 0 aliphatic carbocycles. The van der Waals surface area contributed by atoms with Crippen LogP contribution < -0.4 is 5.32 Å². The van der Waals surface area contributed by atoms with Crippen LogP contribution in [-0.2, 0) is 13.0 Å². The normalized spacial score (nSPS) is 25.1. The second-order valence-electron chi connectivity index (χ2n) is 6.81. The van der Waals surface area contributed by atoms with Crippen molar-refractivity contribution in [2.75, 3.05) is 46.3 Å². The number of benzene rings is 1. The minimum Gasteiger partial charge on any atom is -0.316 e. The minimum absolute atomic E-state index is 0.835. The summed E-state index contributed by atoms with van der Waals surface area (Å²) in [6.07, 6.45) is 3.96. The highest BCUT2D eigenvalue weighted by Gasteiger charge is 2.15. The Morgan fingerprint density at radius 2 is 1.76 bits per heavy atom. The summed E-state index contributed by atoms with van der Waals surface area (Å²) in [4.78, 5) is 4.98. The van der Waals surface area contributed by atoms with Gasteiger partial charge < -0.3 is 10.2 Å². The van der Waals surface area contributed by atoms with Crippen LogP contribution in [-0.4, -0.2) is 56.1 Å². The Morgan fingerprint density at radius 3 is 2.43 bits per heavy atom. The quantitative estimate of drug-likeness (QED) is 0.913. The largest absolute Gasteiger partial charge is 0.316 e. The zero-order chi connectivity index (χ0) is 14.5. The summed E-state index contributed by atoms with van der Waals surface area (Å²) in [7, 11) is 2.21. The lowest BCUT2D eigenvalue weighted by atomic mass is 9.92. The first-order valence-electron chi connectivity index (χ1n) is 8.49. The summed E-state index contributed by atoms with van der Waals surface area (Å²) in [6.45, 7) is 8.32. The molecule has 1 unspecified atom stereocenters. The fraction of sp³-hybridized carbons (Fsp3) is 0.667. The SMILES string of the molecule is CN1CCN(Cc2ccc(CC3CCCNC3)cc2)CC1. The van der Waals surface area contributed by atoms with Crippen LogP contribution in [0.15, 0.2) is 24.3 Å². The van der Waals surface area contributed by atoms with Gasteiger partial charge in [0.2, 0.25) is 0 Å². The summed E-state index contributed by atoms with van der Waals surface area (Å²) in [5.74, 6) is 0.835. The molecular formula is C18H29N3. The van der Waals surface area contributed by atoms with Gasteiger partial charge in [0.25, 0.3) is 0 Å². The van der Waals surface area contributed by atoms with E-state index >= 15 is 0 Å². The molecule has 116 valence electrons. The first kappa shape index (κ1) is 15.0. The number of piperazine rings is 1. The van der Waals surface area contributed by atoms with Crippen LogP contribution in [0.2, 0.25) is 0 Å². The highest BCUT2D eigenvalue weighted by Crippen LogP contribution is 2.17. The van der Waals surface area contributed by atoms with Crippen molar-refractivity contribution in [1.29, 1.82) is 0 Å². The minimum atomic E-state index is 0.835. The van der Waals surface area contributed by atoms with E-state index in [4.69, 9.17) is 0 Å². The molecule has 0 radical (unpaired) electrons. The van der Waals surface area contributed by atoms with Gasteiger partial charge in [-0.15, -0.1) is 0 Å². The molecule has 2 aliphatic rings. The standard InChI is InChI=1S/C18H29N3/c1-20-9-11-21(12-10-20)15-17-6-4-16(5-7-17)13-18-3-2-8-19-14-18/h4-7,18-19H,2-3,8-15H2,1H3. The van der Waals surface area contributed by atoms with Gasteiger partial charge >= 0.3 is 0 Å². The molecule has 2 saturated heterocycles. The number of rotatable bonds is 4. The van der Waals surface area contributed by atoms with Crippen LogP contribution in [0.25, 0.3) is 0 Å². The molecule has 1 aromatic carbocycles.